The molecular formula is C17H17N2O4P. The van der Waals surface area contributed by atoms with Gasteiger partial charge in [-0.15, -0.1) is 0 Å². The fourth-order valence-electron chi connectivity index (χ4n) is 2.52. The number of hydrogen-bond acceptors (Lipinski definition) is 4. The van der Waals surface area contributed by atoms with Crippen molar-refractivity contribution in [3.63, 3.8) is 0 Å². The van der Waals surface area contributed by atoms with E-state index in [9.17, 15) is 14.7 Å². The van der Waals surface area contributed by atoms with Gasteiger partial charge in [0.25, 0.3) is 5.69 Å². The molecule has 1 heterocycles. The van der Waals surface area contributed by atoms with Crippen LogP contribution >= 0.6 is 7.52 Å². The quantitative estimate of drug-likeness (QED) is 0.470. The Balaban J connectivity index is 1.79. The van der Waals surface area contributed by atoms with Crippen molar-refractivity contribution in [2.75, 3.05) is 13.2 Å². The molecule has 1 unspecified atom stereocenters. The summed E-state index contributed by atoms with van der Waals surface area (Å²) in [6.45, 7) is 2.63. The molecule has 0 aromatic heterocycles. The lowest BCUT2D eigenvalue weighted by Gasteiger charge is -2.32. The van der Waals surface area contributed by atoms with Crippen LogP contribution in [0.2, 0.25) is 0 Å². The minimum Gasteiger partial charge on any atom is -0.432 e. The number of benzene rings is 2. The Bertz CT molecular complexity index is 818. The second-order valence-electron chi connectivity index (χ2n) is 5.60. The normalized spacial score (nSPS) is 21.0. The van der Waals surface area contributed by atoms with Gasteiger partial charge in [-0.1, -0.05) is 30.3 Å². The SMILES string of the molecule is CP1(=O)OC(c2ccc([N+](=O)[O-])cc2)=CCN1Cc1ccccc1. The van der Waals surface area contributed by atoms with E-state index in [1.54, 1.807) is 23.5 Å². The Hall–Kier alpha value is -2.43. The van der Waals surface area contributed by atoms with Crippen molar-refractivity contribution < 1.29 is 14.0 Å². The number of rotatable bonds is 4. The van der Waals surface area contributed by atoms with Crippen molar-refractivity contribution in [3.05, 3.63) is 81.9 Å². The molecule has 0 radical (unpaired) electrons. The van der Waals surface area contributed by atoms with Gasteiger partial charge in [0.05, 0.1) is 4.92 Å². The number of nitro groups is 1. The lowest BCUT2D eigenvalue weighted by atomic mass is 10.1. The Morgan fingerprint density at radius 3 is 2.42 bits per heavy atom. The first-order chi connectivity index (χ1) is 11.5. The van der Waals surface area contributed by atoms with E-state index in [0.29, 0.717) is 24.4 Å². The molecule has 0 bridgehead atoms. The molecule has 6 nitrogen and oxygen atoms in total. The zero-order valence-electron chi connectivity index (χ0n) is 13.2. The van der Waals surface area contributed by atoms with Crippen LogP contribution in [0, 0.1) is 10.1 Å². The Kier molecular flexibility index (Phi) is 4.51. The van der Waals surface area contributed by atoms with Crippen LogP contribution in [0.1, 0.15) is 11.1 Å². The zero-order valence-corrected chi connectivity index (χ0v) is 14.1. The van der Waals surface area contributed by atoms with Crippen LogP contribution in [0.4, 0.5) is 5.69 Å². The van der Waals surface area contributed by atoms with E-state index in [2.05, 4.69) is 0 Å². The van der Waals surface area contributed by atoms with E-state index >= 15 is 0 Å². The summed E-state index contributed by atoms with van der Waals surface area (Å²) in [4.78, 5) is 10.3. The fraction of sp³-hybridized carbons (Fsp3) is 0.176. The number of nitrogens with zero attached hydrogens (tertiary/aromatic N) is 2. The molecule has 0 aliphatic carbocycles. The van der Waals surface area contributed by atoms with Crippen molar-refractivity contribution >= 4 is 19.0 Å². The molecule has 0 saturated carbocycles. The molecule has 0 spiro atoms. The molecule has 1 aliphatic heterocycles. The number of hydrogen-bond donors (Lipinski definition) is 0. The van der Waals surface area contributed by atoms with Gasteiger partial charge in [0.1, 0.15) is 5.76 Å². The van der Waals surface area contributed by atoms with Gasteiger partial charge in [0, 0.05) is 37.5 Å². The lowest BCUT2D eigenvalue weighted by molar-refractivity contribution is -0.384. The first-order valence-electron chi connectivity index (χ1n) is 7.47. The molecule has 2 aromatic rings. The standard InChI is InChI=1S/C17H17N2O4P/c1-24(22)18(13-14-5-3-2-4-6-14)12-11-17(23-24)15-7-9-16(10-8-15)19(20)21/h2-11H,12-13H2,1H3. The monoisotopic (exact) mass is 344 g/mol. The molecule has 0 fully saturated rings. The minimum absolute atomic E-state index is 0.0144. The van der Waals surface area contributed by atoms with Gasteiger partial charge in [0.2, 0.25) is 0 Å². The molecule has 3 rings (SSSR count). The van der Waals surface area contributed by atoms with E-state index in [4.69, 9.17) is 4.52 Å². The molecule has 1 aliphatic rings. The molecule has 7 heteroatoms. The predicted octanol–water partition coefficient (Wildman–Crippen LogP) is 4.29. The number of non-ortho nitro benzene ring substituents is 1. The highest BCUT2D eigenvalue weighted by Crippen LogP contribution is 2.53. The Morgan fingerprint density at radius 1 is 1.17 bits per heavy atom. The van der Waals surface area contributed by atoms with E-state index in [1.165, 1.54) is 12.1 Å². The average molecular weight is 344 g/mol. The van der Waals surface area contributed by atoms with Gasteiger partial charge >= 0.3 is 7.52 Å². The third-order valence-corrected chi connectivity index (χ3v) is 5.71. The van der Waals surface area contributed by atoms with Gasteiger partial charge in [-0.2, -0.15) is 0 Å². The van der Waals surface area contributed by atoms with Crippen LogP contribution in [-0.2, 0) is 15.6 Å². The molecule has 124 valence electrons. The summed E-state index contributed by atoms with van der Waals surface area (Å²) in [5.41, 5.74) is 1.76. The Morgan fingerprint density at radius 2 is 1.83 bits per heavy atom. The van der Waals surface area contributed by atoms with Crippen molar-refractivity contribution in [1.29, 1.82) is 0 Å². The first-order valence-corrected chi connectivity index (χ1v) is 9.49. The topological polar surface area (TPSA) is 72.7 Å². The maximum Gasteiger partial charge on any atom is 0.316 e. The summed E-state index contributed by atoms with van der Waals surface area (Å²) in [6.07, 6.45) is 1.85. The zero-order chi connectivity index (χ0) is 17.2. The summed E-state index contributed by atoms with van der Waals surface area (Å²) >= 11 is 0. The van der Waals surface area contributed by atoms with E-state index in [0.717, 1.165) is 5.56 Å². The third kappa shape index (κ3) is 3.55. The van der Waals surface area contributed by atoms with Crippen molar-refractivity contribution in [2.45, 2.75) is 6.54 Å². The molecule has 0 amide bonds. The summed E-state index contributed by atoms with van der Waals surface area (Å²) < 4.78 is 20.4. The van der Waals surface area contributed by atoms with Crippen molar-refractivity contribution in [3.8, 4) is 0 Å². The van der Waals surface area contributed by atoms with E-state index in [-0.39, 0.29) is 5.69 Å². The molecule has 0 N–H and O–H groups in total. The van der Waals surface area contributed by atoms with Gasteiger partial charge in [-0.05, 0) is 23.8 Å². The average Bonchev–Trinajstić information content (AvgIpc) is 2.57. The van der Waals surface area contributed by atoms with Gasteiger partial charge in [0.15, 0.2) is 0 Å². The molecule has 0 saturated heterocycles. The van der Waals surface area contributed by atoms with Crippen molar-refractivity contribution in [1.82, 2.24) is 4.67 Å². The van der Waals surface area contributed by atoms with Crippen LogP contribution < -0.4 is 0 Å². The van der Waals surface area contributed by atoms with E-state index < -0.39 is 12.4 Å². The van der Waals surface area contributed by atoms with Crippen LogP contribution in [-0.4, -0.2) is 22.8 Å². The second kappa shape index (κ2) is 6.59. The van der Waals surface area contributed by atoms with Crippen LogP contribution in [0.3, 0.4) is 0 Å². The third-order valence-electron chi connectivity index (χ3n) is 3.84. The molecule has 1 atom stereocenters. The minimum atomic E-state index is -2.98. The van der Waals surface area contributed by atoms with Gasteiger partial charge in [-0.25, -0.2) is 4.67 Å². The van der Waals surface area contributed by atoms with Gasteiger partial charge in [-0.3, -0.25) is 14.7 Å². The summed E-state index contributed by atoms with van der Waals surface area (Å²) in [7, 11) is -2.98. The smallest absolute Gasteiger partial charge is 0.316 e. The first kappa shape index (κ1) is 16.4. The summed E-state index contributed by atoms with van der Waals surface area (Å²) in [5.74, 6) is 0.500. The second-order valence-corrected chi connectivity index (χ2v) is 7.95. The number of nitro benzene ring substituents is 1. The highest BCUT2D eigenvalue weighted by molar-refractivity contribution is 7.56. The maximum atomic E-state index is 12.9. The largest absolute Gasteiger partial charge is 0.432 e. The fourth-order valence-corrected chi connectivity index (χ4v) is 3.98. The van der Waals surface area contributed by atoms with Crippen LogP contribution in [0.25, 0.3) is 5.76 Å². The molecule has 24 heavy (non-hydrogen) atoms. The highest BCUT2D eigenvalue weighted by Gasteiger charge is 2.32. The summed E-state index contributed by atoms with van der Waals surface area (Å²) in [5, 5.41) is 10.7. The van der Waals surface area contributed by atoms with E-state index in [1.807, 2.05) is 36.4 Å². The van der Waals surface area contributed by atoms with Gasteiger partial charge < -0.3 is 4.52 Å². The lowest BCUT2D eigenvalue weighted by Crippen LogP contribution is -2.24. The predicted molar refractivity (Wildman–Crippen MR) is 92.5 cm³/mol. The highest BCUT2D eigenvalue weighted by atomic mass is 31.2. The maximum absolute atomic E-state index is 12.9. The molecule has 2 aromatic carbocycles. The Labute approximate surface area is 140 Å². The summed E-state index contributed by atoms with van der Waals surface area (Å²) in [6, 6.07) is 15.8. The van der Waals surface area contributed by atoms with Crippen molar-refractivity contribution in [2.24, 2.45) is 0 Å². The van der Waals surface area contributed by atoms with Crippen LogP contribution in [0.15, 0.2) is 60.7 Å². The van der Waals surface area contributed by atoms with Crippen LogP contribution in [0.5, 0.6) is 0 Å². The molecular weight excluding hydrogens is 327 g/mol.